The van der Waals surface area contributed by atoms with Crippen molar-refractivity contribution in [3.63, 3.8) is 0 Å². The molecule has 0 saturated heterocycles. The zero-order valence-electron chi connectivity index (χ0n) is 19.1. The second-order valence-corrected chi connectivity index (χ2v) is 7.90. The Labute approximate surface area is 175 Å². The lowest BCUT2D eigenvalue weighted by molar-refractivity contribution is 0.295. The fourth-order valence-corrected chi connectivity index (χ4v) is 3.49. The lowest BCUT2D eigenvalue weighted by Gasteiger charge is -2.28. The van der Waals surface area contributed by atoms with Crippen LogP contribution in [0.15, 0.2) is 35.5 Å². The van der Waals surface area contributed by atoms with Crippen LogP contribution in [0.25, 0.3) is 0 Å². The summed E-state index contributed by atoms with van der Waals surface area (Å²) in [5.74, 6) is 2.12. The van der Waals surface area contributed by atoms with E-state index in [9.17, 15) is 0 Å². The molecule has 7 nitrogen and oxygen atoms in total. The monoisotopic (exact) mass is 400 g/mol. The van der Waals surface area contributed by atoms with Gasteiger partial charge in [-0.1, -0.05) is 26.0 Å². The third-order valence-corrected chi connectivity index (χ3v) is 5.04. The van der Waals surface area contributed by atoms with Gasteiger partial charge in [0.2, 0.25) is 0 Å². The van der Waals surface area contributed by atoms with Crippen LogP contribution in [-0.4, -0.2) is 67.4 Å². The molecule has 1 heterocycles. The topological polar surface area (TPSA) is 57.9 Å². The van der Waals surface area contributed by atoms with Gasteiger partial charge in [0.25, 0.3) is 0 Å². The van der Waals surface area contributed by atoms with Gasteiger partial charge < -0.3 is 19.9 Å². The van der Waals surface area contributed by atoms with E-state index in [2.05, 4.69) is 78.5 Å². The fourth-order valence-electron chi connectivity index (χ4n) is 3.49. The summed E-state index contributed by atoms with van der Waals surface area (Å²) in [5.41, 5.74) is 3.60. The van der Waals surface area contributed by atoms with Crippen LogP contribution in [0.3, 0.4) is 0 Å². The van der Waals surface area contributed by atoms with Crippen LogP contribution in [0.2, 0.25) is 0 Å². The second-order valence-electron chi connectivity index (χ2n) is 7.90. The quantitative estimate of drug-likeness (QED) is 0.545. The van der Waals surface area contributed by atoms with Gasteiger partial charge >= 0.3 is 0 Å². The Balaban J connectivity index is 2.07. The predicted molar refractivity (Wildman–Crippen MR) is 120 cm³/mol. The molecule has 1 unspecified atom stereocenters. The second kappa shape index (κ2) is 10.3. The smallest absolute Gasteiger partial charge is 0.193 e. The van der Waals surface area contributed by atoms with E-state index in [0.29, 0.717) is 5.92 Å². The molecule has 0 saturated carbocycles. The molecule has 2 aromatic rings. The maximum Gasteiger partial charge on any atom is 0.193 e. The van der Waals surface area contributed by atoms with Gasteiger partial charge in [-0.15, -0.1) is 0 Å². The van der Waals surface area contributed by atoms with E-state index in [1.54, 1.807) is 7.11 Å². The largest absolute Gasteiger partial charge is 0.497 e. The van der Waals surface area contributed by atoms with E-state index in [4.69, 9.17) is 4.74 Å². The third-order valence-electron chi connectivity index (χ3n) is 5.04. The van der Waals surface area contributed by atoms with E-state index in [1.807, 2.05) is 30.9 Å². The molecule has 0 radical (unpaired) electrons. The molecule has 0 bridgehead atoms. The van der Waals surface area contributed by atoms with Crippen molar-refractivity contribution >= 4 is 5.96 Å². The van der Waals surface area contributed by atoms with Crippen molar-refractivity contribution in [1.29, 1.82) is 0 Å². The highest BCUT2D eigenvalue weighted by Gasteiger charge is 2.18. The highest BCUT2D eigenvalue weighted by atomic mass is 16.5. The van der Waals surface area contributed by atoms with Gasteiger partial charge in [0.15, 0.2) is 5.96 Å². The number of benzene rings is 1. The number of hydrogen-bond donors (Lipinski definition) is 1. The number of aryl methyl sites for hydroxylation is 1. The van der Waals surface area contributed by atoms with Crippen molar-refractivity contribution in [2.24, 2.45) is 12.0 Å². The van der Waals surface area contributed by atoms with Crippen LogP contribution in [0.1, 0.15) is 42.6 Å². The minimum absolute atomic E-state index is 0.218. The Hall–Kier alpha value is -2.54. The number of nitrogens with one attached hydrogen (secondary N) is 1. The number of aliphatic imine (C=N–C) groups is 1. The Bertz CT molecular complexity index is 794. The summed E-state index contributed by atoms with van der Waals surface area (Å²) in [7, 11) is 11.7. The molecule has 1 aromatic carbocycles. The van der Waals surface area contributed by atoms with Crippen LogP contribution < -0.4 is 10.1 Å². The van der Waals surface area contributed by atoms with Gasteiger partial charge in [-0.2, -0.15) is 5.10 Å². The molecule has 0 aliphatic carbocycles. The molecule has 7 heteroatoms. The van der Waals surface area contributed by atoms with Crippen molar-refractivity contribution in [2.45, 2.75) is 32.4 Å². The average molecular weight is 401 g/mol. The van der Waals surface area contributed by atoms with Gasteiger partial charge in [0.1, 0.15) is 5.75 Å². The first kappa shape index (κ1) is 22.7. The van der Waals surface area contributed by atoms with Gasteiger partial charge in [0, 0.05) is 46.0 Å². The van der Waals surface area contributed by atoms with Crippen LogP contribution in [-0.2, 0) is 13.6 Å². The number of guanidine groups is 1. The normalized spacial score (nSPS) is 13.1. The van der Waals surface area contributed by atoms with Gasteiger partial charge in [0.05, 0.1) is 18.8 Å². The maximum absolute atomic E-state index is 5.28. The Morgan fingerprint density at radius 3 is 2.38 bits per heavy atom. The molecule has 2 rings (SSSR count). The SMILES string of the molecule is CN=C(NCC(c1ccc(OC)cc1)N(C)C)N(C)Cc1cn(C)nc1C(C)C. The van der Waals surface area contributed by atoms with Crippen molar-refractivity contribution in [1.82, 2.24) is 24.9 Å². The summed E-state index contributed by atoms with van der Waals surface area (Å²) in [5, 5.41) is 8.14. The first-order valence-corrected chi connectivity index (χ1v) is 10.0. The standard InChI is InChI=1S/C22H36N6O/c1-16(2)21-18(15-28(7)25-21)14-27(6)22(23-3)24-13-20(26(4)5)17-9-11-19(29-8)12-10-17/h9-12,15-16,20H,13-14H2,1-8H3,(H,23,24). The molecule has 0 amide bonds. The van der Waals surface area contributed by atoms with Crippen LogP contribution in [0.4, 0.5) is 0 Å². The first-order chi connectivity index (χ1) is 13.8. The molecule has 0 aliphatic rings. The zero-order chi connectivity index (χ0) is 21.6. The number of rotatable bonds is 8. The van der Waals surface area contributed by atoms with Crippen LogP contribution >= 0.6 is 0 Å². The lowest BCUT2D eigenvalue weighted by atomic mass is 10.1. The summed E-state index contributed by atoms with van der Waals surface area (Å²) in [6, 6.07) is 8.45. The molecule has 0 aliphatic heterocycles. The van der Waals surface area contributed by atoms with Gasteiger partial charge in [-0.25, -0.2) is 0 Å². The number of ether oxygens (including phenoxy) is 1. The summed E-state index contributed by atoms with van der Waals surface area (Å²) < 4.78 is 7.17. The van der Waals surface area contributed by atoms with Gasteiger partial charge in [-0.05, 0) is 37.7 Å². The van der Waals surface area contributed by atoms with E-state index >= 15 is 0 Å². The molecule has 1 N–H and O–H groups in total. The molecular formula is C22H36N6O. The molecule has 1 atom stereocenters. The fraction of sp³-hybridized carbons (Fsp3) is 0.545. The Morgan fingerprint density at radius 2 is 1.86 bits per heavy atom. The summed E-state index contributed by atoms with van der Waals surface area (Å²) in [4.78, 5) is 8.83. The zero-order valence-corrected chi connectivity index (χ0v) is 19.1. The minimum atomic E-state index is 0.218. The summed E-state index contributed by atoms with van der Waals surface area (Å²) in [6.07, 6.45) is 2.10. The van der Waals surface area contributed by atoms with Crippen LogP contribution in [0.5, 0.6) is 5.75 Å². The van der Waals surface area contributed by atoms with Crippen molar-refractivity contribution in [3.8, 4) is 5.75 Å². The Kier molecular flexibility index (Phi) is 8.08. The van der Waals surface area contributed by atoms with E-state index < -0.39 is 0 Å². The molecule has 0 spiro atoms. The third kappa shape index (κ3) is 5.97. The molecule has 160 valence electrons. The number of hydrogen-bond acceptors (Lipinski definition) is 4. The van der Waals surface area contributed by atoms with Gasteiger partial charge in [-0.3, -0.25) is 9.67 Å². The minimum Gasteiger partial charge on any atom is -0.497 e. The summed E-state index contributed by atoms with van der Waals surface area (Å²) in [6.45, 7) is 5.86. The van der Waals surface area contributed by atoms with Crippen molar-refractivity contribution in [3.05, 3.63) is 47.3 Å². The van der Waals surface area contributed by atoms with Crippen LogP contribution in [0, 0.1) is 0 Å². The highest BCUT2D eigenvalue weighted by molar-refractivity contribution is 5.79. The van der Waals surface area contributed by atoms with Crippen molar-refractivity contribution in [2.75, 3.05) is 41.8 Å². The van der Waals surface area contributed by atoms with E-state index in [0.717, 1.165) is 30.5 Å². The molecule has 1 aromatic heterocycles. The number of methoxy groups -OCH3 is 1. The summed E-state index contributed by atoms with van der Waals surface area (Å²) >= 11 is 0. The van der Waals surface area contributed by atoms with E-state index in [-0.39, 0.29) is 6.04 Å². The highest BCUT2D eigenvalue weighted by Crippen LogP contribution is 2.21. The van der Waals surface area contributed by atoms with E-state index in [1.165, 1.54) is 11.1 Å². The molecule has 0 fully saturated rings. The maximum atomic E-state index is 5.28. The Morgan fingerprint density at radius 1 is 1.21 bits per heavy atom. The average Bonchev–Trinajstić information content (AvgIpc) is 3.05. The van der Waals surface area contributed by atoms with Crippen molar-refractivity contribution < 1.29 is 4.74 Å². The molecular weight excluding hydrogens is 364 g/mol. The predicted octanol–water partition coefficient (Wildman–Crippen LogP) is 2.86. The number of nitrogens with zero attached hydrogens (tertiary/aromatic N) is 5. The number of aromatic nitrogens is 2. The first-order valence-electron chi connectivity index (χ1n) is 10.0. The number of likely N-dealkylation sites (N-methyl/N-ethyl adjacent to an activating group) is 1. The lowest BCUT2D eigenvalue weighted by Crippen LogP contribution is -2.42. The molecule has 29 heavy (non-hydrogen) atoms.